The zero-order valence-corrected chi connectivity index (χ0v) is 10.3. The molecule has 0 bridgehead atoms. The van der Waals surface area contributed by atoms with E-state index in [1.807, 2.05) is 42.1 Å². The normalized spacial score (nSPS) is 24.3. The summed E-state index contributed by atoms with van der Waals surface area (Å²) in [6, 6.07) is 9.80. The van der Waals surface area contributed by atoms with Crippen molar-refractivity contribution in [3.05, 3.63) is 35.9 Å². The first kappa shape index (κ1) is 11.5. The van der Waals surface area contributed by atoms with E-state index in [9.17, 15) is 4.79 Å². The van der Waals surface area contributed by atoms with Crippen LogP contribution < -0.4 is 5.32 Å². The van der Waals surface area contributed by atoms with Crippen LogP contribution in [0.5, 0.6) is 0 Å². The average molecular weight is 235 g/mol. The Bertz CT molecular complexity index is 352. The highest BCUT2D eigenvalue weighted by molar-refractivity contribution is 7.99. The molecule has 1 saturated carbocycles. The second kappa shape index (κ2) is 5.39. The van der Waals surface area contributed by atoms with Crippen molar-refractivity contribution in [2.45, 2.75) is 30.6 Å². The molecule has 1 aromatic rings. The number of carbonyl (C=O) groups is 1. The smallest absolute Gasteiger partial charge is 0.251 e. The van der Waals surface area contributed by atoms with E-state index >= 15 is 0 Å². The van der Waals surface area contributed by atoms with E-state index in [4.69, 9.17) is 0 Å². The Morgan fingerprint density at radius 1 is 1.31 bits per heavy atom. The molecule has 1 amide bonds. The fourth-order valence-electron chi connectivity index (χ4n) is 2.14. The van der Waals surface area contributed by atoms with Gasteiger partial charge in [-0.25, -0.2) is 0 Å². The van der Waals surface area contributed by atoms with Crippen LogP contribution in [0, 0.1) is 0 Å². The summed E-state index contributed by atoms with van der Waals surface area (Å²) in [7, 11) is 0. The van der Waals surface area contributed by atoms with Gasteiger partial charge in [-0.1, -0.05) is 18.2 Å². The molecular formula is C13H17NOS. The summed E-state index contributed by atoms with van der Waals surface area (Å²) < 4.78 is 0. The summed E-state index contributed by atoms with van der Waals surface area (Å²) >= 11 is 1.91. The SMILES string of the molecule is CSC1CCC(NC(=O)c2ccccc2)C1. The Morgan fingerprint density at radius 3 is 2.69 bits per heavy atom. The topological polar surface area (TPSA) is 29.1 Å². The molecule has 0 heterocycles. The lowest BCUT2D eigenvalue weighted by Crippen LogP contribution is -2.33. The van der Waals surface area contributed by atoms with E-state index < -0.39 is 0 Å². The predicted molar refractivity (Wildman–Crippen MR) is 68.9 cm³/mol. The van der Waals surface area contributed by atoms with Crippen LogP contribution in [0.2, 0.25) is 0 Å². The maximum Gasteiger partial charge on any atom is 0.251 e. The molecule has 1 aromatic carbocycles. The minimum atomic E-state index is 0.0624. The number of carbonyl (C=O) groups excluding carboxylic acids is 1. The molecule has 0 spiro atoms. The molecule has 16 heavy (non-hydrogen) atoms. The quantitative estimate of drug-likeness (QED) is 0.872. The molecule has 1 fully saturated rings. The molecule has 2 unspecified atom stereocenters. The second-order valence-corrected chi connectivity index (χ2v) is 5.35. The van der Waals surface area contributed by atoms with Crippen molar-refractivity contribution in [2.24, 2.45) is 0 Å². The Balaban J connectivity index is 1.89. The lowest BCUT2D eigenvalue weighted by Gasteiger charge is -2.12. The van der Waals surface area contributed by atoms with Gasteiger partial charge in [0.1, 0.15) is 0 Å². The third-order valence-corrected chi connectivity index (χ3v) is 4.18. The Labute approximate surface area is 101 Å². The maximum atomic E-state index is 11.9. The van der Waals surface area contributed by atoms with Gasteiger partial charge in [-0.05, 0) is 37.7 Å². The number of hydrogen-bond donors (Lipinski definition) is 1. The van der Waals surface area contributed by atoms with Crippen molar-refractivity contribution in [2.75, 3.05) is 6.26 Å². The molecule has 0 radical (unpaired) electrons. The highest BCUT2D eigenvalue weighted by atomic mass is 32.2. The highest BCUT2D eigenvalue weighted by Gasteiger charge is 2.25. The number of thioether (sulfide) groups is 1. The summed E-state index contributed by atoms with van der Waals surface area (Å²) in [6.07, 6.45) is 5.59. The van der Waals surface area contributed by atoms with Gasteiger partial charge < -0.3 is 5.32 Å². The monoisotopic (exact) mass is 235 g/mol. The molecule has 0 aromatic heterocycles. The molecule has 2 nitrogen and oxygen atoms in total. The lowest BCUT2D eigenvalue weighted by molar-refractivity contribution is 0.0938. The Hall–Kier alpha value is -0.960. The van der Waals surface area contributed by atoms with Crippen molar-refractivity contribution in [1.82, 2.24) is 5.32 Å². The van der Waals surface area contributed by atoms with Crippen LogP contribution in [0.1, 0.15) is 29.6 Å². The molecule has 1 N–H and O–H groups in total. The predicted octanol–water partition coefficient (Wildman–Crippen LogP) is 2.70. The van der Waals surface area contributed by atoms with E-state index in [0.717, 1.165) is 23.7 Å². The maximum absolute atomic E-state index is 11.9. The van der Waals surface area contributed by atoms with E-state index in [1.165, 1.54) is 6.42 Å². The summed E-state index contributed by atoms with van der Waals surface area (Å²) in [5.41, 5.74) is 0.759. The van der Waals surface area contributed by atoms with Gasteiger partial charge in [-0.15, -0.1) is 0 Å². The summed E-state index contributed by atoms with van der Waals surface area (Å²) in [4.78, 5) is 11.9. The number of amides is 1. The zero-order chi connectivity index (χ0) is 11.4. The fraction of sp³-hybridized carbons (Fsp3) is 0.462. The molecule has 1 aliphatic carbocycles. The summed E-state index contributed by atoms with van der Waals surface area (Å²) in [6.45, 7) is 0. The zero-order valence-electron chi connectivity index (χ0n) is 9.48. The van der Waals surface area contributed by atoms with Crippen LogP contribution in [0.25, 0.3) is 0 Å². The number of benzene rings is 1. The molecule has 0 aliphatic heterocycles. The molecule has 1 aliphatic rings. The summed E-state index contributed by atoms with van der Waals surface area (Å²) in [5.74, 6) is 0.0624. The van der Waals surface area contributed by atoms with Crippen molar-refractivity contribution in [3.63, 3.8) is 0 Å². The Morgan fingerprint density at radius 2 is 2.06 bits per heavy atom. The van der Waals surface area contributed by atoms with Crippen molar-refractivity contribution in [3.8, 4) is 0 Å². The van der Waals surface area contributed by atoms with Gasteiger partial charge in [0.25, 0.3) is 5.91 Å². The lowest BCUT2D eigenvalue weighted by atomic mass is 10.2. The fourth-order valence-corrected chi connectivity index (χ4v) is 2.94. The van der Waals surface area contributed by atoms with E-state index in [1.54, 1.807) is 0 Å². The van der Waals surface area contributed by atoms with Gasteiger partial charge in [0.2, 0.25) is 0 Å². The molecule has 0 saturated heterocycles. The molecule has 3 heteroatoms. The van der Waals surface area contributed by atoms with Gasteiger partial charge in [0, 0.05) is 16.9 Å². The number of rotatable bonds is 3. The highest BCUT2D eigenvalue weighted by Crippen LogP contribution is 2.28. The minimum Gasteiger partial charge on any atom is -0.349 e. The van der Waals surface area contributed by atoms with E-state index in [0.29, 0.717) is 6.04 Å². The van der Waals surface area contributed by atoms with Crippen LogP contribution in [-0.2, 0) is 0 Å². The third kappa shape index (κ3) is 2.79. The van der Waals surface area contributed by atoms with Crippen molar-refractivity contribution >= 4 is 17.7 Å². The minimum absolute atomic E-state index is 0.0624. The van der Waals surface area contributed by atoms with Gasteiger partial charge in [0.15, 0.2) is 0 Å². The van der Waals surface area contributed by atoms with Gasteiger partial charge in [-0.2, -0.15) is 11.8 Å². The van der Waals surface area contributed by atoms with E-state index in [2.05, 4.69) is 11.6 Å². The van der Waals surface area contributed by atoms with Crippen molar-refractivity contribution in [1.29, 1.82) is 0 Å². The number of hydrogen-bond acceptors (Lipinski definition) is 2. The third-order valence-electron chi connectivity index (χ3n) is 3.09. The van der Waals surface area contributed by atoms with Crippen LogP contribution in [0.15, 0.2) is 30.3 Å². The van der Waals surface area contributed by atoms with Crippen LogP contribution in [0.3, 0.4) is 0 Å². The second-order valence-electron chi connectivity index (χ2n) is 4.21. The van der Waals surface area contributed by atoms with Crippen LogP contribution >= 0.6 is 11.8 Å². The Kier molecular flexibility index (Phi) is 3.88. The molecule has 2 atom stereocenters. The van der Waals surface area contributed by atoms with Crippen molar-refractivity contribution < 1.29 is 4.79 Å². The molecular weight excluding hydrogens is 218 g/mol. The first-order valence-electron chi connectivity index (χ1n) is 5.68. The van der Waals surface area contributed by atoms with Gasteiger partial charge in [0.05, 0.1) is 0 Å². The molecule has 86 valence electrons. The average Bonchev–Trinajstić information content (AvgIpc) is 2.78. The summed E-state index contributed by atoms with van der Waals surface area (Å²) in [5, 5.41) is 3.83. The number of nitrogens with one attached hydrogen (secondary N) is 1. The first-order chi connectivity index (χ1) is 7.79. The van der Waals surface area contributed by atoms with Crippen LogP contribution in [-0.4, -0.2) is 23.5 Å². The van der Waals surface area contributed by atoms with Gasteiger partial charge in [-0.3, -0.25) is 4.79 Å². The van der Waals surface area contributed by atoms with Crippen LogP contribution in [0.4, 0.5) is 0 Å². The van der Waals surface area contributed by atoms with E-state index in [-0.39, 0.29) is 5.91 Å². The molecule has 2 rings (SSSR count). The standard InChI is InChI=1S/C13H17NOS/c1-16-12-8-7-11(9-12)14-13(15)10-5-3-2-4-6-10/h2-6,11-12H,7-9H2,1H3,(H,14,15). The largest absolute Gasteiger partial charge is 0.349 e. The first-order valence-corrected chi connectivity index (χ1v) is 6.97. The van der Waals surface area contributed by atoms with Gasteiger partial charge >= 0.3 is 0 Å².